The van der Waals surface area contributed by atoms with Crippen LogP contribution in [0.5, 0.6) is 5.75 Å². The van der Waals surface area contributed by atoms with E-state index in [2.05, 4.69) is 25.3 Å². The molecule has 0 aliphatic rings. The van der Waals surface area contributed by atoms with Crippen LogP contribution >= 0.6 is 0 Å². The Bertz CT molecular complexity index is 1250. The molecule has 2 aromatic carbocycles. The minimum Gasteiger partial charge on any atom is -0.480 e. The monoisotopic (exact) mass is 405 g/mol. The van der Waals surface area contributed by atoms with Crippen molar-refractivity contribution in [2.75, 3.05) is 19.0 Å². The van der Waals surface area contributed by atoms with Crippen molar-refractivity contribution in [3.05, 3.63) is 54.2 Å². The molecule has 4 aromatic rings. The molecule has 0 aliphatic heterocycles. The molecule has 152 valence electrons. The van der Waals surface area contributed by atoms with Crippen LogP contribution in [-0.2, 0) is 16.1 Å². The van der Waals surface area contributed by atoms with Crippen molar-refractivity contribution in [3.63, 3.8) is 0 Å². The average molecular weight is 405 g/mol. The summed E-state index contributed by atoms with van der Waals surface area (Å²) < 4.78 is 11.9. The summed E-state index contributed by atoms with van der Waals surface area (Å²) in [6.45, 7) is 2.45. The summed E-state index contributed by atoms with van der Waals surface area (Å²) in [6.07, 6.45) is 1.62. The molecule has 0 saturated heterocycles. The minimum atomic E-state index is -0.494. The smallest absolute Gasteiger partial charge is 0.343 e. The van der Waals surface area contributed by atoms with E-state index in [0.29, 0.717) is 40.0 Å². The molecule has 2 heterocycles. The lowest BCUT2D eigenvalue weighted by Crippen LogP contribution is -2.14. The van der Waals surface area contributed by atoms with E-state index in [1.165, 1.54) is 7.11 Å². The standard InChI is InChI=1S/C21H19N5O4/c1-3-26-17-8-6-13(11-16(17)24-25-26)21(28)23-15-7-9-18(30-12-19(27)29-2)20-14(15)5-4-10-22-20/h4-11H,3,12H2,1-2H3,(H,23,28). The maximum absolute atomic E-state index is 12.8. The molecule has 9 nitrogen and oxygen atoms in total. The van der Waals surface area contributed by atoms with Crippen LogP contribution in [0.2, 0.25) is 0 Å². The van der Waals surface area contributed by atoms with Gasteiger partial charge >= 0.3 is 5.97 Å². The number of amides is 1. The number of esters is 1. The first-order chi connectivity index (χ1) is 14.6. The van der Waals surface area contributed by atoms with Crippen LogP contribution in [0.25, 0.3) is 21.9 Å². The van der Waals surface area contributed by atoms with E-state index in [1.54, 1.807) is 41.2 Å². The predicted octanol–water partition coefficient (Wildman–Crippen LogP) is 2.80. The Morgan fingerprint density at radius 3 is 2.83 bits per heavy atom. The number of hydrogen-bond acceptors (Lipinski definition) is 7. The molecule has 0 radical (unpaired) electrons. The number of fused-ring (bicyclic) bond motifs is 2. The van der Waals surface area contributed by atoms with Crippen molar-refractivity contribution < 1.29 is 19.1 Å². The molecular formula is C21H19N5O4. The summed E-state index contributed by atoms with van der Waals surface area (Å²) in [6, 6.07) is 12.2. The molecule has 0 saturated carbocycles. The molecule has 0 fully saturated rings. The van der Waals surface area contributed by atoms with Gasteiger partial charge < -0.3 is 14.8 Å². The van der Waals surface area contributed by atoms with E-state index >= 15 is 0 Å². The van der Waals surface area contributed by atoms with Gasteiger partial charge in [0.25, 0.3) is 5.91 Å². The van der Waals surface area contributed by atoms with E-state index in [4.69, 9.17) is 4.74 Å². The molecule has 0 unspecified atom stereocenters. The van der Waals surface area contributed by atoms with Gasteiger partial charge in [0.15, 0.2) is 6.61 Å². The van der Waals surface area contributed by atoms with Gasteiger partial charge in [-0.25, -0.2) is 9.48 Å². The van der Waals surface area contributed by atoms with Gasteiger partial charge in [0.05, 0.1) is 18.3 Å². The number of nitrogens with one attached hydrogen (secondary N) is 1. The fourth-order valence-electron chi connectivity index (χ4n) is 3.11. The third kappa shape index (κ3) is 3.64. The number of hydrogen-bond donors (Lipinski definition) is 1. The van der Waals surface area contributed by atoms with Crippen LogP contribution in [0.4, 0.5) is 5.69 Å². The Morgan fingerprint density at radius 1 is 1.17 bits per heavy atom. The number of carbonyl (C=O) groups is 2. The van der Waals surface area contributed by atoms with Gasteiger partial charge in [-0.05, 0) is 49.4 Å². The van der Waals surface area contributed by atoms with Gasteiger partial charge in [0.1, 0.15) is 16.8 Å². The van der Waals surface area contributed by atoms with Crippen molar-refractivity contribution in [2.45, 2.75) is 13.5 Å². The van der Waals surface area contributed by atoms with Gasteiger partial charge in [-0.15, -0.1) is 5.10 Å². The number of nitrogens with zero attached hydrogens (tertiary/aromatic N) is 4. The summed E-state index contributed by atoms with van der Waals surface area (Å²) in [5.74, 6) is -0.352. The van der Waals surface area contributed by atoms with Gasteiger partial charge in [-0.2, -0.15) is 0 Å². The van der Waals surface area contributed by atoms with Gasteiger partial charge in [0.2, 0.25) is 0 Å². The van der Waals surface area contributed by atoms with Crippen molar-refractivity contribution in [2.24, 2.45) is 0 Å². The molecule has 0 spiro atoms. The number of methoxy groups -OCH3 is 1. The first kappa shape index (κ1) is 19.3. The first-order valence-corrected chi connectivity index (χ1v) is 9.32. The third-order valence-corrected chi connectivity index (χ3v) is 4.63. The Kier molecular flexibility index (Phi) is 5.25. The summed E-state index contributed by atoms with van der Waals surface area (Å²) in [5.41, 5.74) is 3.10. The highest BCUT2D eigenvalue weighted by Crippen LogP contribution is 2.30. The lowest BCUT2D eigenvalue weighted by molar-refractivity contribution is -0.142. The number of aromatic nitrogens is 4. The van der Waals surface area contributed by atoms with E-state index in [0.717, 1.165) is 5.52 Å². The van der Waals surface area contributed by atoms with Crippen molar-refractivity contribution in [1.82, 2.24) is 20.0 Å². The first-order valence-electron chi connectivity index (χ1n) is 9.32. The molecule has 0 bridgehead atoms. The number of ether oxygens (including phenoxy) is 2. The van der Waals surface area contributed by atoms with E-state index in [9.17, 15) is 9.59 Å². The number of anilines is 1. The summed E-state index contributed by atoms with van der Waals surface area (Å²) in [4.78, 5) is 28.5. The highest BCUT2D eigenvalue weighted by Gasteiger charge is 2.14. The number of benzene rings is 2. The van der Waals surface area contributed by atoms with Crippen LogP contribution in [0.1, 0.15) is 17.3 Å². The normalized spacial score (nSPS) is 10.9. The van der Waals surface area contributed by atoms with Crippen molar-refractivity contribution in [3.8, 4) is 5.75 Å². The average Bonchev–Trinajstić information content (AvgIpc) is 3.20. The van der Waals surface area contributed by atoms with E-state index in [-0.39, 0.29) is 12.5 Å². The summed E-state index contributed by atoms with van der Waals surface area (Å²) in [5, 5.41) is 11.8. The fourth-order valence-corrected chi connectivity index (χ4v) is 3.11. The predicted molar refractivity (Wildman–Crippen MR) is 110 cm³/mol. The highest BCUT2D eigenvalue weighted by atomic mass is 16.6. The number of pyridine rings is 1. The van der Waals surface area contributed by atoms with Crippen molar-refractivity contribution in [1.29, 1.82) is 0 Å². The lowest BCUT2D eigenvalue weighted by atomic mass is 10.1. The fraction of sp³-hybridized carbons (Fsp3) is 0.190. The summed E-state index contributed by atoms with van der Waals surface area (Å²) >= 11 is 0. The Labute approximate surface area is 171 Å². The largest absolute Gasteiger partial charge is 0.480 e. The second kappa shape index (κ2) is 8.16. The minimum absolute atomic E-state index is 0.230. The number of rotatable bonds is 6. The molecule has 30 heavy (non-hydrogen) atoms. The second-order valence-corrected chi connectivity index (χ2v) is 6.44. The number of carbonyl (C=O) groups excluding carboxylic acids is 2. The topological polar surface area (TPSA) is 108 Å². The molecule has 1 N–H and O–H groups in total. The van der Waals surface area contributed by atoms with Crippen molar-refractivity contribution >= 4 is 39.5 Å². The van der Waals surface area contributed by atoms with Gasteiger partial charge in [-0.3, -0.25) is 9.78 Å². The Morgan fingerprint density at radius 2 is 2.03 bits per heavy atom. The summed E-state index contributed by atoms with van der Waals surface area (Å²) in [7, 11) is 1.29. The van der Waals surface area contributed by atoms with Crippen LogP contribution in [0.3, 0.4) is 0 Å². The molecule has 2 aromatic heterocycles. The Balaban J connectivity index is 1.62. The van der Waals surface area contributed by atoms with Crippen LogP contribution in [0.15, 0.2) is 48.7 Å². The zero-order chi connectivity index (χ0) is 21.1. The van der Waals surface area contributed by atoms with Crippen LogP contribution in [-0.4, -0.2) is 45.6 Å². The van der Waals surface area contributed by atoms with E-state index in [1.807, 2.05) is 19.1 Å². The zero-order valence-corrected chi connectivity index (χ0v) is 16.5. The van der Waals surface area contributed by atoms with E-state index < -0.39 is 5.97 Å². The molecule has 0 atom stereocenters. The van der Waals surface area contributed by atoms with Crippen LogP contribution < -0.4 is 10.1 Å². The highest BCUT2D eigenvalue weighted by molar-refractivity contribution is 6.10. The third-order valence-electron chi connectivity index (χ3n) is 4.63. The maximum atomic E-state index is 12.8. The zero-order valence-electron chi connectivity index (χ0n) is 16.5. The molecular weight excluding hydrogens is 386 g/mol. The second-order valence-electron chi connectivity index (χ2n) is 6.44. The lowest BCUT2D eigenvalue weighted by Gasteiger charge is -2.12. The van der Waals surface area contributed by atoms with Crippen LogP contribution in [0, 0.1) is 0 Å². The molecule has 1 amide bonds. The SMILES string of the molecule is CCn1nnc2cc(C(=O)Nc3ccc(OCC(=O)OC)c4ncccc34)ccc21. The number of aryl methyl sites for hydroxylation is 1. The van der Waals surface area contributed by atoms with Gasteiger partial charge in [0, 0.05) is 23.7 Å². The van der Waals surface area contributed by atoms with Gasteiger partial charge in [-0.1, -0.05) is 5.21 Å². The molecule has 4 rings (SSSR count). The molecule has 9 heteroatoms. The maximum Gasteiger partial charge on any atom is 0.343 e. The quantitative estimate of drug-likeness (QED) is 0.491. The molecule has 0 aliphatic carbocycles. The Hall–Kier alpha value is -4.01.